The van der Waals surface area contributed by atoms with E-state index in [2.05, 4.69) is 28.1 Å². The molecule has 84 valence electrons. The number of carbonyl (C=O) groups is 1. The second-order valence-corrected chi connectivity index (χ2v) is 3.81. The van der Waals surface area contributed by atoms with Crippen molar-refractivity contribution in [2.75, 3.05) is 7.11 Å². The first-order valence-corrected chi connectivity index (χ1v) is 5.23. The van der Waals surface area contributed by atoms with Gasteiger partial charge in [0.25, 0.3) is 0 Å². The van der Waals surface area contributed by atoms with Gasteiger partial charge in [0.2, 0.25) is 0 Å². The van der Waals surface area contributed by atoms with E-state index in [1.807, 2.05) is 6.20 Å². The number of aryl methyl sites for hydroxylation is 1. The van der Waals surface area contributed by atoms with Crippen molar-refractivity contribution in [1.82, 2.24) is 9.55 Å². The molecule has 1 aromatic rings. The van der Waals surface area contributed by atoms with E-state index < -0.39 is 0 Å². The Balaban J connectivity index is 2.43. The van der Waals surface area contributed by atoms with E-state index in [1.54, 1.807) is 6.20 Å². The van der Waals surface area contributed by atoms with Crippen LogP contribution in [0.15, 0.2) is 12.4 Å². The molecule has 1 rings (SSSR count). The molecule has 4 heteroatoms. The molecule has 1 aromatic heterocycles. The van der Waals surface area contributed by atoms with E-state index in [1.165, 1.54) is 7.11 Å². The molecule has 0 saturated carbocycles. The summed E-state index contributed by atoms with van der Waals surface area (Å²) in [5.74, 6) is 1.33. The van der Waals surface area contributed by atoms with Crippen molar-refractivity contribution in [2.45, 2.75) is 39.2 Å². The van der Waals surface area contributed by atoms with Gasteiger partial charge in [0, 0.05) is 31.3 Å². The minimum atomic E-state index is -0.152. The number of hydrogen-bond donors (Lipinski definition) is 0. The average Bonchev–Trinajstić information content (AvgIpc) is 2.65. The zero-order valence-electron chi connectivity index (χ0n) is 9.56. The van der Waals surface area contributed by atoms with Crippen LogP contribution in [0, 0.1) is 0 Å². The lowest BCUT2D eigenvalue weighted by atomic mass is 10.2. The summed E-state index contributed by atoms with van der Waals surface area (Å²) >= 11 is 0. The van der Waals surface area contributed by atoms with Crippen LogP contribution < -0.4 is 0 Å². The van der Waals surface area contributed by atoms with Crippen LogP contribution in [0.3, 0.4) is 0 Å². The highest BCUT2D eigenvalue weighted by Crippen LogP contribution is 2.12. The lowest BCUT2D eigenvalue weighted by Crippen LogP contribution is -2.07. The predicted molar refractivity (Wildman–Crippen MR) is 57.6 cm³/mol. The maximum atomic E-state index is 10.9. The number of imidazole rings is 1. The quantitative estimate of drug-likeness (QED) is 0.698. The standard InChI is InChI=1S/C11H18N2O2/c1-9(2)11-12-6-8-13(11)7-4-5-10(14)15-3/h6,8-9H,4-5,7H2,1-3H3. The topological polar surface area (TPSA) is 44.1 Å². The largest absolute Gasteiger partial charge is 0.469 e. The molecule has 0 unspecified atom stereocenters. The maximum absolute atomic E-state index is 10.9. The third kappa shape index (κ3) is 3.38. The molecule has 0 aliphatic heterocycles. The summed E-state index contributed by atoms with van der Waals surface area (Å²) < 4.78 is 6.67. The highest BCUT2D eigenvalue weighted by molar-refractivity contribution is 5.68. The summed E-state index contributed by atoms with van der Waals surface area (Å²) in [6.45, 7) is 5.04. The molecule has 0 N–H and O–H groups in total. The zero-order valence-corrected chi connectivity index (χ0v) is 9.56. The Morgan fingerprint density at radius 1 is 1.60 bits per heavy atom. The summed E-state index contributed by atoms with van der Waals surface area (Å²) in [6.07, 6.45) is 5.01. The van der Waals surface area contributed by atoms with Crippen LogP contribution in [0.25, 0.3) is 0 Å². The number of aromatic nitrogens is 2. The molecule has 0 bridgehead atoms. The van der Waals surface area contributed by atoms with E-state index in [9.17, 15) is 4.79 Å². The van der Waals surface area contributed by atoms with Crippen molar-refractivity contribution in [3.05, 3.63) is 18.2 Å². The molecule has 0 amide bonds. The fraction of sp³-hybridized carbons (Fsp3) is 0.636. The molecular weight excluding hydrogens is 192 g/mol. The Hall–Kier alpha value is -1.32. The molecule has 0 fully saturated rings. The van der Waals surface area contributed by atoms with E-state index in [0.29, 0.717) is 12.3 Å². The van der Waals surface area contributed by atoms with Gasteiger partial charge in [-0.15, -0.1) is 0 Å². The zero-order chi connectivity index (χ0) is 11.3. The summed E-state index contributed by atoms with van der Waals surface area (Å²) in [5, 5.41) is 0. The third-order valence-electron chi connectivity index (χ3n) is 2.27. The van der Waals surface area contributed by atoms with Crippen molar-refractivity contribution in [3.8, 4) is 0 Å². The molecule has 0 spiro atoms. The summed E-state index contributed by atoms with van der Waals surface area (Å²) in [7, 11) is 1.42. The van der Waals surface area contributed by atoms with Crippen LogP contribution in [0.1, 0.15) is 38.4 Å². The van der Waals surface area contributed by atoms with Crippen molar-refractivity contribution in [1.29, 1.82) is 0 Å². The van der Waals surface area contributed by atoms with E-state index in [-0.39, 0.29) is 5.97 Å². The van der Waals surface area contributed by atoms with Gasteiger partial charge in [0.05, 0.1) is 7.11 Å². The fourth-order valence-corrected chi connectivity index (χ4v) is 1.51. The first kappa shape index (κ1) is 11.8. The first-order valence-electron chi connectivity index (χ1n) is 5.23. The second-order valence-electron chi connectivity index (χ2n) is 3.81. The van der Waals surface area contributed by atoms with Crippen LogP contribution in [-0.4, -0.2) is 22.6 Å². The number of ether oxygens (including phenoxy) is 1. The second kappa shape index (κ2) is 5.53. The average molecular weight is 210 g/mol. The Kier molecular flexibility index (Phi) is 4.34. The third-order valence-corrected chi connectivity index (χ3v) is 2.27. The number of hydrogen-bond acceptors (Lipinski definition) is 3. The Morgan fingerprint density at radius 2 is 2.33 bits per heavy atom. The van der Waals surface area contributed by atoms with Crippen LogP contribution in [-0.2, 0) is 16.1 Å². The number of methoxy groups -OCH3 is 1. The molecule has 0 aromatic carbocycles. The monoisotopic (exact) mass is 210 g/mol. The van der Waals surface area contributed by atoms with Gasteiger partial charge in [-0.3, -0.25) is 4.79 Å². The highest BCUT2D eigenvalue weighted by atomic mass is 16.5. The summed E-state index contributed by atoms with van der Waals surface area (Å²) in [5.41, 5.74) is 0. The van der Waals surface area contributed by atoms with Gasteiger partial charge in [0.1, 0.15) is 5.82 Å². The van der Waals surface area contributed by atoms with Crippen molar-refractivity contribution in [2.24, 2.45) is 0 Å². The number of rotatable bonds is 5. The van der Waals surface area contributed by atoms with Crippen LogP contribution in [0.5, 0.6) is 0 Å². The van der Waals surface area contributed by atoms with E-state index >= 15 is 0 Å². The lowest BCUT2D eigenvalue weighted by molar-refractivity contribution is -0.140. The maximum Gasteiger partial charge on any atom is 0.305 e. The molecule has 4 nitrogen and oxygen atoms in total. The van der Waals surface area contributed by atoms with Crippen LogP contribution in [0.2, 0.25) is 0 Å². The van der Waals surface area contributed by atoms with Gasteiger partial charge in [0.15, 0.2) is 0 Å². The predicted octanol–water partition coefficient (Wildman–Crippen LogP) is 1.96. The molecule has 0 aliphatic rings. The normalized spacial score (nSPS) is 10.7. The molecule has 0 radical (unpaired) electrons. The van der Waals surface area contributed by atoms with Crippen molar-refractivity contribution >= 4 is 5.97 Å². The smallest absolute Gasteiger partial charge is 0.305 e. The van der Waals surface area contributed by atoms with Gasteiger partial charge in [-0.05, 0) is 6.42 Å². The minimum absolute atomic E-state index is 0.152. The Labute approximate surface area is 90.3 Å². The van der Waals surface area contributed by atoms with Crippen LogP contribution in [0.4, 0.5) is 0 Å². The SMILES string of the molecule is COC(=O)CCCn1ccnc1C(C)C. The van der Waals surface area contributed by atoms with Gasteiger partial charge < -0.3 is 9.30 Å². The van der Waals surface area contributed by atoms with Gasteiger partial charge in [-0.25, -0.2) is 4.98 Å². The first-order chi connectivity index (χ1) is 7.15. The molecule has 0 saturated heterocycles. The van der Waals surface area contributed by atoms with Crippen molar-refractivity contribution in [3.63, 3.8) is 0 Å². The Morgan fingerprint density at radius 3 is 2.93 bits per heavy atom. The molecule has 15 heavy (non-hydrogen) atoms. The lowest BCUT2D eigenvalue weighted by Gasteiger charge is -2.09. The van der Waals surface area contributed by atoms with E-state index in [0.717, 1.165) is 18.8 Å². The molecular formula is C11H18N2O2. The summed E-state index contributed by atoms with van der Waals surface area (Å²) in [4.78, 5) is 15.2. The highest BCUT2D eigenvalue weighted by Gasteiger charge is 2.07. The van der Waals surface area contributed by atoms with Crippen molar-refractivity contribution < 1.29 is 9.53 Å². The number of carbonyl (C=O) groups excluding carboxylic acids is 1. The van der Waals surface area contributed by atoms with Gasteiger partial charge in [-0.1, -0.05) is 13.8 Å². The molecule has 1 heterocycles. The number of esters is 1. The van der Waals surface area contributed by atoms with Crippen LogP contribution >= 0.6 is 0 Å². The fourth-order valence-electron chi connectivity index (χ4n) is 1.51. The molecule has 0 atom stereocenters. The van der Waals surface area contributed by atoms with Gasteiger partial charge in [-0.2, -0.15) is 0 Å². The summed E-state index contributed by atoms with van der Waals surface area (Å²) in [6, 6.07) is 0. The minimum Gasteiger partial charge on any atom is -0.469 e. The van der Waals surface area contributed by atoms with E-state index in [4.69, 9.17) is 0 Å². The Bertz CT molecular complexity index is 318. The number of nitrogens with zero attached hydrogens (tertiary/aromatic N) is 2. The molecule has 0 aliphatic carbocycles. The van der Waals surface area contributed by atoms with Gasteiger partial charge >= 0.3 is 5.97 Å².